The molecule has 1 aromatic rings. The van der Waals surface area contributed by atoms with Gasteiger partial charge in [-0.15, -0.1) is 0 Å². The van der Waals surface area contributed by atoms with E-state index in [0.717, 1.165) is 38.0 Å². The first-order valence-corrected chi connectivity index (χ1v) is 7.69. The maximum Gasteiger partial charge on any atom is 0.231 e. The van der Waals surface area contributed by atoms with Gasteiger partial charge in [-0.3, -0.25) is 0 Å². The van der Waals surface area contributed by atoms with Gasteiger partial charge in [0, 0.05) is 26.2 Å². The molecule has 2 rings (SSSR count). The summed E-state index contributed by atoms with van der Waals surface area (Å²) in [7, 11) is 0. The lowest BCUT2D eigenvalue weighted by molar-refractivity contribution is 0.392. The van der Waals surface area contributed by atoms with Gasteiger partial charge in [-0.1, -0.05) is 13.3 Å². The molecule has 0 radical (unpaired) electrons. The third-order valence-corrected chi connectivity index (χ3v) is 4.15. The first-order valence-electron chi connectivity index (χ1n) is 7.69. The van der Waals surface area contributed by atoms with Crippen LogP contribution in [0.4, 0.5) is 17.8 Å². The van der Waals surface area contributed by atoms with E-state index in [2.05, 4.69) is 45.5 Å². The van der Waals surface area contributed by atoms with Crippen LogP contribution in [0.2, 0.25) is 0 Å². The van der Waals surface area contributed by atoms with Crippen molar-refractivity contribution in [1.82, 2.24) is 15.0 Å². The van der Waals surface area contributed by atoms with Crippen LogP contribution in [-0.4, -0.2) is 41.1 Å². The van der Waals surface area contributed by atoms with Crippen molar-refractivity contribution in [2.45, 2.75) is 40.0 Å². The fourth-order valence-electron chi connectivity index (χ4n) is 2.70. The fraction of sp³-hybridized carbons (Fsp3) is 0.786. The summed E-state index contributed by atoms with van der Waals surface area (Å²) in [4.78, 5) is 17.5. The smallest absolute Gasteiger partial charge is 0.231 e. The molecule has 0 saturated carbocycles. The van der Waals surface area contributed by atoms with Gasteiger partial charge in [0.1, 0.15) is 0 Å². The van der Waals surface area contributed by atoms with Crippen molar-refractivity contribution < 1.29 is 0 Å². The Balaban J connectivity index is 2.16. The van der Waals surface area contributed by atoms with Crippen molar-refractivity contribution in [3.05, 3.63) is 0 Å². The molecule has 0 spiro atoms. The molecule has 112 valence electrons. The summed E-state index contributed by atoms with van der Waals surface area (Å²) in [5.41, 5.74) is 5.85. The Bertz CT molecular complexity index is 424. The van der Waals surface area contributed by atoms with E-state index in [1.165, 1.54) is 19.3 Å². The Labute approximate surface area is 121 Å². The van der Waals surface area contributed by atoms with Crippen LogP contribution in [0, 0.1) is 5.92 Å². The summed E-state index contributed by atoms with van der Waals surface area (Å²) < 4.78 is 0. The zero-order valence-electron chi connectivity index (χ0n) is 12.8. The van der Waals surface area contributed by atoms with E-state index in [0.29, 0.717) is 11.9 Å². The van der Waals surface area contributed by atoms with E-state index < -0.39 is 0 Å². The topological polar surface area (TPSA) is 71.2 Å². The van der Waals surface area contributed by atoms with Crippen molar-refractivity contribution >= 4 is 17.8 Å². The molecular formula is C14H26N6. The second-order valence-electron chi connectivity index (χ2n) is 5.30. The van der Waals surface area contributed by atoms with Crippen LogP contribution in [0.5, 0.6) is 0 Å². The summed E-state index contributed by atoms with van der Waals surface area (Å²) in [6, 6.07) is 0. The average Bonchev–Trinajstić information content (AvgIpc) is 2.48. The highest BCUT2D eigenvalue weighted by Crippen LogP contribution is 2.24. The van der Waals surface area contributed by atoms with E-state index in [4.69, 9.17) is 5.73 Å². The Morgan fingerprint density at radius 2 is 1.75 bits per heavy atom. The highest BCUT2D eigenvalue weighted by Gasteiger charge is 2.21. The van der Waals surface area contributed by atoms with Gasteiger partial charge in [0.25, 0.3) is 0 Å². The third-order valence-electron chi connectivity index (χ3n) is 4.15. The maximum atomic E-state index is 5.85. The molecule has 0 amide bonds. The standard InChI is InChI=1S/C14H26N6/c1-4-11-7-9-20(10-8-11)14-17-12(15)16-13(18-14)19(5-2)6-3/h11H,4-10H2,1-3H3,(H2,15,16,17,18). The molecule has 2 N–H and O–H groups in total. The number of aromatic nitrogens is 3. The largest absolute Gasteiger partial charge is 0.368 e. The molecule has 0 bridgehead atoms. The Kier molecular flexibility index (Phi) is 4.98. The van der Waals surface area contributed by atoms with Crippen molar-refractivity contribution in [1.29, 1.82) is 0 Å². The van der Waals surface area contributed by atoms with E-state index in [9.17, 15) is 0 Å². The zero-order chi connectivity index (χ0) is 14.5. The maximum absolute atomic E-state index is 5.85. The monoisotopic (exact) mass is 278 g/mol. The first kappa shape index (κ1) is 14.8. The predicted molar refractivity (Wildman–Crippen MR) is 83.0 cm³/mol. The second-order valence-corrected chi connectivity index (χ2v) is 5.30. The van der Waals surface area contributed by atoms with Crippen molar-refractivity contribution in [3.8, 4) is 0 Å². The van der Waals surface area contributed by atoms with Crippen LogP contribution in [0.15, 0.2) is 0 Å². The minimum absolute atomic E-state index is 0.314. The molecule has 20 heavy (non-hydrogen) atoms. The van der Waals surface area contributed by atoms with Crippen molar-refractivity contribution in [2.24, 2.45) is 5.92 Å². The minimum Gasteiger partial charge on any atom is -0.368 e. The number of nitrogen functional groups attached to an aromatic ring is 1. The molecule has 0 unspecified atom stereocenters. The van der Waals surface area contributed by atoms with Crippen LogP contribution < -0.4 is 15.5 Å². The van der Waals surface area contributed by atoms with Crippen molar-refractivity contribution in [3.63, 3.8) is 0 Å². The van der Waals surface area contributed by atoms with Crippen molar-refractivity contribution in [2.75, 3.05) is 41.7 Å². The van der Waals surface area contributed by atoms with Crippen LogP contribution in [-0.2, 0) is 0 Å². The summed E-state index contributed by atoms with van der Waals surface area (Å²) >= 11 is 0. The molecule has 6 heteroatoms. The van der Waals surface area contributed by atoms with Gasteiger partial charge in [-0.05, 0) is 32.6 Å². The number of nitrogens with two attached hydrogens (primary N) is 1. The second kappa shape index (κ2) is 6.72. The molecule has 0 aromatic carbocycles. The fourth-order valence-corrected chi connectivity index (χ4v) is 2.70. The van der Waals surface area contributed by atoms with Gasteiger partial charge in [0.05, 0.1) is 0 Å². The van der Waals surface area contributed by atoms with Crippen LogP contribution in [0.3, 0.4) is 0 Å². The Morgan fingerprint density at radius 3 is 2.30 bits per heavy atom. The predicted octanol–water partition coefficient (Wildman–Crippen LogP) is 1.93. The Hall–Kier alpha value is -1.59. The normalized spacial score (nSPS) is 16.4. The first-order chi connectivity index (χ1) is 9.67. The lowest BCUT2D eigenvalue weighted by Crippen LogP contribution is -2.35. The van der Waals surface area contributed by atoms with Gasteiger partial charge in [-0.25, -0.2) is 0 Å². The van der Waals surface area contributed by atoms with E-state index in [1.54, 1.807) is 0 Å². The molecule has 1 fully saturated rings. The molecule has 6 nitrogen and oxygen atoms in total. The van der Waals surface area contributed by atoms with Gasteiger partial charge in [0.2, 0.25) is 17.8 Å². The SMILES string of the molecule is CCC1CCN(c2nc(N)nc(N(CC)CC)n2)CC1. The van der Waals surface area contributed by atoms with Crippen LogP contribution in [0.25, 0.3) is 0 Å². The van der Waals surface area contributed by atoms with E-state index >= 15 is 0 Å². The number of rotatable bonds is 5. The summed E-state index contributed by atoms with van der Waals surface area (Å²) in [5, 5.41) is 0. The van der Waals surface area contributed by atoms with Gasteiger partial charge < -0.3 is 15.5 Å². The van der Waals surface area contributed by atoms with E-state index in [-0.39, 0.29) is 0 Å². The van der Waals surface area contributed by atoms with Crippen LogP contribution in [0.1, 0.15) is 40.0 Å². The Morgan fingerprint density at radius 1 is 1.10 bits per heavy atom. The molecule has 1 aliphatic heterocycles. The number of hydrogen-bond acceptors (Lipinski definition) is 6. The molecular weight excluding hydrogens is 252 g/mol. The lowest BCUT2D eigenvalue weighted by atomic mass is 9.95. The number of hydrogen-bond donors (Lipinski definition) is 1. The molecule has 1 aliphatic rings. The van der Waals surface area contributed by atoms with Gasteiger partial charge >= 0.3 is 0 Å². The number of anilines is 3. The van der Waals surface area contributed by atoms with Gasteiger partial charge in [-0.2, -0.15) is 15.0 Å². The third kappa shape index (κ3) is 3.29. The van der Waals surface area contributed by atoms with Crippen LogP contribution >= 0.6 is 0 Å². The summed E-state index contributed by atoms with van der Waals surface area (Å²) in [6.07, 6.45) is 3.68. The highest BCUT2D eigenvalue weighted by atomic mass is 15.3. The lowest BCUT2D eigenvalue weighted by Gasteiger charge is -2.32. The number of nitrogens with zero attached hydrogens (tertiary/aromatic N) is 5. The number of piperidine rings is 1. The molecule has 1 saturated heterocycles. The molecule has 0 aliphatic carbocycles. The summed E-state index contributed by atoms with van der Waals surface area (Å²) in [6.45, 7) is 10.2. The molecule has 2 heterocycles. The quantitative estimate of drug-likeness (QED) is 0.887. The average molecular weight is 278 g/mol. The minimum atomic E-state index is 0.314. The van der Waals surface area contributed by atoms with Gasteiger partial charge in [0.15, 0.2) is 0 Å². The summed E-state index contributed by atoms with van der Waals surface area (Å²) in [5.74, 6) is 2.58. The zero-order valence-corrected chi connectivity index (χ0v) is 12.8. The molecule has 1 aromatic heterocycles. The van der Waals surface area contributed by atoms with E-state index in [1.807, 2.05) is 0 Å². The molecule has 0 atom stereocenters. The highest BCUT2D eigenvalue weighted by molar-refractivity contribution is 5.43.